The molecule has 0 rings (SSSR count). The normalized spacial score (nSPS) is 15.4. The maximum atomic E-state index is 12.4. The highest BCUT2D eigenvalue weighted by atomic mass is 19.4. The number of hydrogen-bond donors (Lipinski definition) is 1. The molecule has 7 heteroatoms. The molecule has 1 N–H and O–H groups in total. The zero-order valence-corrected chi connectivity index (χ0v) is 12.8. The third-order valence-electron chi connectivity index (χ3n) is 2.85. The number of alkyl halides is 3. The summed E-state index contributed by atoms with van der Waals surface area (Å²) in [5.41, 5.74) is -0.872. The van der Waals surface area contributed by atoms with Gasteiger partial charge in [0.2, 0.25) is 0 Å². The Bertz CT molecular complexity index is 358. The first kappa shape index (κ1) is 19.7. The van der Waals surface area contributed by atoms with Crippen LogP contribution >= 0.6 is 0 Å². The first-order valence-corrected chi connectivity index (χ1v) is 6.89. The summed E-state index contributed by atoms with van der Waals surface area (Å²) in [6, 6.07) is 0. The molecule has 2 atom stereocenters. The zero-order chi connectivity index (χ0) is 16.8. The van der Waals surface area contributed by atoms with Gasteiger partial charge in [-0.15, -0.1) is 0 Å². The van der Waals surface area contributed by atoms with E-state index in [1.54, 1.807) is 27.7 Å². The average Bonchev–Trinajstić information content (AvgIpc) is 2.23. The number of aliphatic carboxylic acids is 1. The number of rotatable bonds is 7. The van der Waals surface area contributed by atoms with Crippen molar-refractivity contribution in [3.8, 4) is 0 Å². The lowest BCUT2D eigenvalue weighted by Gasteiger charge is -2.27. The molecule has 0 saturated heterocycles. The van der Waals surface area contributed by atoms with Gasteiger partial charge in [-0.3, -0.25) is 9.59 Å². The summed E-state index contributed by atoms with van der Waals surface area (Å²) in [5, 5.41) is 9.16. The molecule has 0 aliphatic heterocycles. The van der Waals surface area contributed by atoms with Crippen molar-refractivity contribution in [3.05, 3.63) is 0 Å². The van der Waals surface area contributed by atoms with Gasteiger partial charge >= 0.3 is 18.1 Å². The number of carbonyl (C=O) groups excluding carboxylic acids is 1. The van der Waals surface area contributed by atoms with Gasteiger partial charge in [0.1, 0.15) is 5.60 Å². The highest BCUT2D eigenvalue weighted by Gasteiger charge is 2.39. The minimum absolute atomic E-state index is 0.136. The van der Waals surface area contributed by atoms with E-state index in [9.17, 15) is 22.8 Å². The Hall–Kier alpha value is -1.27. The minimum Gasteiger partial charge on any atom is -0.481 e. The van der Waals surface area contributed by atoms with Gasteiger partial charge in [0.05, 0.1) is 11.8 Å². The molecule has 0 aromatic carbocycles. The van der Waals surface area contributed by atoms with Gasteiger partial charge in [-0.1, -0.05) is 13.3 Å². The molecule has 0 aliphatic rings. The molecule has 0 aromatic heterocycles. The summed E-state index contributed by atoms with van der Waals surface area (Å²) in [7, 11) is 0. The van der Waals surface area contributed by atoms with Gasteiger partial charge in [0.25, 0.3) is 0 Å². The van der Waals surface area contributed by atoms with Crippen LogP contribution in [0.25, 0.3) is 0 Å². The van der Waals surface area contributed by atoms with Crippen molar-refractivity contribution in [1.82, 2.24) is 0 Å². The van der Waals surface area contributed by atoms with E-state index in [1.165, 1.54) is 0 Å². The van der Waals surface area contributed by atoms with Crippen molar-refractivity contribution in [2.45, 2.75) is 65.2 Å². The maximum absolute atomic E-state index is 12.4. The predicted octanol–water partition coefficient (Wildman–Crippen LogP) is 3.79. The smallest absolute Gasteiger partial charge is 0.389 e. The maximum Gasteiger partial charge on any atom is 0.389 e. The van der Waals surface area contributed by atoms with Crippen molar-refractivity contribution in [1.29, 1.82) is 0 Å². The van der Waals surface area contributed by atoms with Crippen LogP contribution in [0.1, 0.15) is 53.4 Å². The molecule has 0 saturated carbocycles. The number of hydrogen-bond acceptors (Lipinski definition) is 3. The predicted molar refractivity (Wildman–Crippen MR) is 70.7 cm³/mol. The van der Waals surface area contributed by atoms with Crippen LogP contribution in [0.3, 0.4) is 0 Å². The molecule has 0 bridgehead atoms. The Balaban J connectivity index is 5.14. The molecule has 124 valence electrons. The van der Waals surface area contributed by atoms with Crippen LogP contribution in [-0.4, -0.2) is 28.8 Å². The molecular weight excluding hydrogens is 289 g/mol. The summed E-state index contributed by atoms with van der Waals surface area (Å²) in [4.78, 5) is 23.3. The molecule has 0 aromatic rings. The van der Waals surface area contributed by atoms with E-state index in [-0.39, 0.29) is 6.42 Å². The fourth-order valence-corrected chi connectivity index (χ4v) is 1.99. The molecule has 0 heterocycles. The first-order valence-electron chi connectivity index (χ1n) is 6.89. The van der Waals surface area contributed by atoms with Crippen LogP contribution in [0.5, 0.6) is 0 Å². The first-order chi connectivity index (χ1) is 9.37. The standard InChI is InChI=1S/C14H23F3O4/c1-5-6-9(11(18)19)10(7-8-14(15,16)17)12(20)21-13(2,3)4/h9-10H,5-8H2,1-4H3,(H,18,19)/t9-,10+/m1/s1. The quantitative estimate of drug-likeness (QED) is 0.726. The Morgan fingerprint density at radius 2 is 1.62 bits per heavy atom. The molecule has 0 unspecified atom stereocenters. The molecule has 0 spiro atoms. The van der Waals surface area contributed by atoms with Crippen molar-refractivity contribution in [3.63, 3.8) is 0 Å². The average molecular weight is 312 g/mol. The zero-order valence-electron chi connectivity index (χ0n) is 12.8. The SMILES string of the molecule is CCC[C@@H](C(=O)O)[C@H](CCC(F)(F)F)C(=O)OC(C)(C)C. The fourth-order valence-electron chi connectivity index (χ4n) is 1.99. The van der Waals surface area contributed by atoms with Crippen LogP contribution in [0.4, 0.5) is 13.2 Å². The van der Waals surface area contributed by atoms with E-state index in [1.807, 2.05) is 0 Å². The minimum atomic E-state index is -4.43. The lowest BCUT2D eigenvalue weighted by molar-refractivity contribution is -0.171. The third-order valence-corrected chi connectivity index (χ3v) is 2.85. The Kier molecular flexibility index (Phi) is 7.19. The van der Waals surface area contributed by atoms with Crippen LogP contribution < -0.4 is 0 Å². The van der Waals surface area contributed by atoms with Crippen molar-refractivity contribution in [2.75, 3.05) is 0 Å². The van der Waals surface area contributed by atoms with Gasteiger partial charge in [-0.05, 0) is 33.6 Å². The van der Waals surface area contributed by atoms with Gasteiger partial charge < -0.3 is 9.84 Å². The van der Waals surface area contributed by atoms with E-state index in [0.717, 1.165) is 0 Å². The Morgan fingerprint density at radius 1 is 1.10 bits per heavy atom. The van der Waals surface area contributed by atoms with Gasteiger partial charge in [0, 0.05) is 6.42 Å². The highest BCUT2D eigenvalue weighted by Crippen LogP contribution is 2.31. The number of carboxylic acids is 1. The van der Waals surface area contributed by atoms with E-state index >= 15 is 0 Å². The van der Waals surface area contributed by atoms with Crippen LogP contribution in [0.2, 0.25) is 0 Å². The molecule has 0 amide bonds. The van der Waals surface area contributed by atoms with Crippen molar-refractivity contribution in [2.24, 2.45) is 11.8 Å². The van der Waals surface area contributed by atoms with E-state index in [0.29, 0.717) is 6.42 Å². The second-order valence-corrected chi connectivity index (χ2v) is 6.03. The molecule has 4 nitrogen and oxygen atoms in total. The lowest BCUT2D eigenvalue weighted by atomic mass is 9.85. The van der Waals surface area contributed by atoms with E-state index < -0.39 is 48.4 Å². The molecule has 21 heavy (non-hydrogen) atoms. The van der Waals surface area contributed by atoms with Gasteiger partial charge in [0.15, 0.2) is 0 Å². The Labute approximate surface area is 122 Å². The van der Waals surface area contributed by atoms with Crippen LogP contribution in [-0.2, 0) is 14.3 Å². The summed E-state index contributed by atoms with van der Waals surface area (Å²) >= 11 is 0. The molecule has 0 fully saturated rings. The third kappa shape index (κ3) is 8.57. The second kappa shape index (κ2) is 7.66. The number of carbonyl (C=O) groups is 2. The van der Waals surface area contributed by atoms with E-state index in [2.05, 4.69) is 0 Å². The topological polar surface area (TPSA) is 63.6 Å². The lowest BCUT2D eigenvalue weighted by Crippen LogP contribution is -2.36. The summed E-state index contributed by atoms with van der Waals surface area (Å²) in [6.07, 6.45) is -5.62. The summed E-state index contributed by atoms with van der Waals surface area (Å²) in [5.74, 6) is -4.60. The number of carboxylic acid groups (broad SMARTS) is 1. The highest BCUT2D eigenvalue weighted by molar-refractivity contribution is 5.81. The monoisotopic (exact) mass is 312 g/mol. The number of esters is 1. The molecular formula is C14H23F3O4. The summed E-state index contributed by atoms with van der Waals surface area (Å²) in [6.45, 7) is 6.47. The molecule has 0 aliphatic carbocycles. The van der Waals surface area contributed by atoms with Gasteiger partial charge in [-0.25, -0.2) is 0 Å². The van der Waals surface area contributed by atoms with Crippen molar-refractivity contribution < 1.29 is 32.6 Å². The fraction of sp³-hybridized carbons (Fsp3) is 0.857. The van der Waals surface area contributed by atoms with Crippen molar-refractivity contribution >= 4 is 11.9 Å². The van der Waals surface area contributed by atoms with Crippen LogP contribution in [0.15, 0.2) is 0 Å². The summed E-state index contributed by atoms with van der Waals surface area (Å²) < 4.78 is 42.2. The molecule has 0 radical (unpaired) electrons. The second-order valence-electron chi connectivity index (χ2n) is 6.03. The number of ether oxygens (including phenoxy) is 1. The van der Waals surface area contributed by atoms with Gasteiger partial charge in [-0.2, -0.15) is 13.2 Å². The Morgan fingerprint density at radius 3 is 1.95 bits per heavy atom. The largest absolute Gasteiger partial charge is 0.481 e. The number of halogens is 3. The van der Waals surface area contributed by atoms with Crippen LogP contribution in [0, 0.1) is 11.8 Å². The van der Waals surface area contributed by atoms with E-state index in [4.69, 9.17) is 9.84 Å².